The van der Waals surface area contributed by atoms with Crippen LogP contribution < -0.4 is 5.32 Å². The second kappa shape index (κ2) is 9.51. The highest BCUT2D eigenvalue weighted by molar-refractivity contribution is 6.04. The zero-order valence-electron chi connectivity index (χ0n) is 19.8. The molecular weight excluding hydrogens is 422 g/mol. The minimum atomic E-state index is -0.122. The van der Waals surface area contributed by atoms with Gasteiger partial charge in [-0.25, -0.2) is 0 Å². The third kappa shape index (κ3) is 4.66. The van der Waals surface area contributed by atoms with Gasteiger partial charge < -0.3 is 10.2 Å². The third-order valence-corrected chi connectivity index (χ3v) is 7.40. The Kier molecular flexibility index (Phi) is 6.29. The van der Waals surface area contributed by atoms with Crippen LogP contribution in [0, 0.1) is 18.8 Å². The van der Waals surface area contributed by atoms with Gasteiger partial charge in [-0.1, -0.05) is 36.4 Å². The van der Waals surface area contributed by atoms with Crippen molar-refractivity contribution >= 4 is 17.4 Å². The molecule has 5 rings (SSSR count). The summed E-state index contributed by atoms with van der Waals surface area (Å²) in [4.78, 5) is 32.6. The molecule has 5 nitrogen and oxygen atoms in total. The van der Waals surface area contributed by atoms with E-state index in [4.69, 9.17) is 0 Å². The maximum Gasteiger partial charge on any atom is 0.255 e. The summed E-state index contributed by atoms with van der Waals surface area (Å²) in [6.07, 6.45) is 4.03. The first-order valence-corrected chi connectivity index (χ1v) is 12.1. The van der Waals surface area contributed by atoms with E-state index in [9.17, 15) is 9.59 Å². The molecule has 174 valence electrons. The lowest BCUT2D eigenvalue weighted by Gasteiger charge is -2.36. The van der Waals surface area contributed by atoms with Crippen LogP contribution in [0.4, 0.5) is 5.69 Å². The number of aryl methyl sites for hydroxylation is 1. The monoisotopic (exact) mass is 453 g/mol. The maximum atomic E-state index is 13.1. The zero-order chi connectivity index (χ0) is 23.7. The lowest BCUT2D eigenvalue weighted by molar-refractivity contribution is -0.126. The van der Waals surface area contributed by atoms with E-state index in [-0.39, 0.29) is 11.8 Å². The van der Waals surface area contributed by atoms with Gasteiger partial charge in [-0.05, 0) is 79.6 Å². The van der Waals surface area contributed by atoms with Crippen LogP contribution >= 0.6 is 0 Å². The zero-order valence-corrected chi connectivity index (χ0v) is 19.8. The minimum absolute atomic E-state index is 0.0523. The van der Waals surface area contributed by atoms with Crippen molar-refractivity contribution in [3.05, 3.63) is 94.8 Å². The molecule has 1 saturated carbocycles. The number of aromatic nitrogens is 1. The van der Waals surface area contributed by atoms with Gasteiger partial charge in [0, 0.05) is 37.2 Å². The molecule has 1 amide bonds. The van der Waals surface area contributed by atoms with Crippen molar-refractivity contribution < 1.29 is 9.59 Å². The van der Waals surface area contributed by atoms with Crippen LogP contribution in [0.15, 0.2) is 66.9 Å². The molecule has 1 aromatic heterocycles. The summed E-state index contributed by atoms with van der Waals surface area (Å²) in [5, 5.41) is 3.00. The third-order valence-electron chi connectivity index (χ3n) is 7.40. The minimum Gasteiger partial charge on any atom is -0.320 e. The average Bonchev–Trinajstić information content (AvgIpc) is 2.96. The van der Waals surface area contributed by atoms with E-state index in [0.717, 1.165) is 37.3 Å². The molecule has 1 aliphatic carbocycles. The molecule has 2 heterocycles. The molecular formula is C29H31N3O2. The number of rotatable bonds is 4. The first-order chi connectivity index (χ1) is 16.5. The van der Waals surface area contributed by atoms with Crippen molar-refractivity contribution in [3.8, 4) is 0 Å². The molecule has 5 heteroatoms. The largest absolute Gasteiger partial charge is 0.320 e. The second-order valence-corrected chi connectivity index (χ2v) is 9.86. The quantitative estimate of drug-likeness (QED) is 0.603. The van der Waals surface area contributed by atoms with E-state index in [1.807, 2.05) is 49.4 Å². The van der Waals surface area contributed by atoms with Gasteiger partial charge in [0.15, 0.2) is 0 Å². The Morgan fingerprint density at radius 1 is 1.12 bits per heavy atom. The molecule has 0 spiro atoms. The van der Waals surface area contributed by atoms with Crippen molar-refractivity contribution in [3.63, 3.8) is 0 Å². The van der Waals surface area contributed by atoms with Crippen molar-refractivity contribution in [2.75, 3.05) is 18.9 Å². The van der Waals surface area contributed by atoms with Gasteiger partial charge in [0.25, 0.3) is 5.91 Å². The molecule has 0 radical (unpaired) electrons. The fourth-order valence-electron chi connectivity index (χ4n) is 5.68. The van der Waals surface area contributed by atoms with Crippen LogP contribution in [-0.2, 0) is 17.8 Å². The van der Waals surface area contributed by atoms with Gasteiger partial charge in [-0.3, -0.25) is 14.6 Å². The Bertz CT molecular complexity index is 1210. The Morgan fingerprint density at radius 3 is 2.74 bits per heavy atom. The molecule has 3 aromatic rings. The highest BCUT2D eigenvalue weighted by atomic mass is 16.1. The van der Waals surface area contributed by atoms with Crippen LogP contribution in [0.5, 0.6) is 0 Å². The molecule has 0 saturated heterocycles. The standard InChI is InChI=1S/C29H31N3O2/c1-19-27(9-6-12-30-19)31-29(34)21-10-11-25-23(14-21)17-32(2)18-24-16-28(33)22(15-26(24)25)13-20-7-4-3-5-8-20/h3-12,14,22,24,26H,13,15-18H2,1-2H3,(H,31,34). The van der Waals surface area contributed by atoms with Crippen LogP contribution in [0.25, 0.3) is 0 Å². The second-order valence-electron chi connectivity index (χ2n) is 9.86. The van der Waals surface area contributed by atoms with Crippen LogP contribution in [0.3, 0.4) is 0 Å². The van der Waals surface area contributed by atoms with E-state index in [2.05, 4.69) is 40.4 Å². The number of carbonyl (C=O) groups is 2. The SMILES string of the molecule is Cc1ncccc1NC(=O)c1ccc2c(c1)CN(C)CC1CC(=O)C(Cc3ccccc3)CC21. The lowest BCUT2D eigenvalue weighted by atomic mass is 9.68. The molecule has 34 heavy (non-hydrogen) atoms. The first kappa shape index (κ1) is 22.5. The average molecular weight is 454 g/mol. The highest BCUT2D eigenvalue weighted by Gasteiger charge is 2.39. The summed E-state index contributed by atoms with van der Waals surface area (Å²) in [6, 6.07) is 20.1. The van der Waals surface area contributed by atoms with Gasteiger partial charge in [0.1, 0.15) is 5.78 Å². The number of ketones is 1. The smallest absolute Gasteiger partial charge is 0.255 e. The van der Waals surface area contributed by atoms with Crippen molar-refractivity contribution in [2.24, 2.45) is 11.8 Å². The first-order valence-electron chi connectivity index (χ1n) is 12.1. The summed E-state index contributed by atoms with van der Waals surface area (Å²) in [7, 11) is 2.11. The van der Waals surface area contributed by atoms with E-state index in [1.165, 1.54) is 16.7 Å². The van der Waals surface area contributed by atoms with Crippen LogP contribution in [-0.4, -0.2) is 35.2 Å². The Morgan fingerprint density at radius 2 is 1.94 bits per heavy atom. The molecule has 0 bridgehead atoms. The molecule has 2 aliphatic rings. The van der Waals surface area contributed by atoms with Crippen molar-refractivity contribution in [1.29, 1.82) is 0 Å². The Labute approximate surface area is 201 Å². The summed E-state index contributed by atoms with van der Waals surface area (Å²) in [5.41, 5.74) is 5.90. The molecule has 1 N–H and O–H groups in total. The summed E-state index contributed by atoms with van der Waals surface area (Å²) in [5.74, 6) is 0.983. The van der Waals surface area contributed by atoms with Crippen molar-refractivity contribution in [1.82, 2.24) is 9.88 Å². The molecule has 3 unspecified atom stereocenters. The lowest BCUT2D eigenvalue weighted by Crippen LogP contribution is -2.36. The number of anilines is 1. The number of benzene rings is 2. The van der Waals surface area contributed by atoms with E-state index in [1.54, 1.807) is 6.20 Å². The fraction of sp³-hybridized carbons (Fsp3) is 0.345. The van der Waals surface area contributed by atoms with Gasteiger partial charge in [0.2, 0.25) is 0 Å². The molecule has 3 atom stereocenters. The normalized spacial score (nSPS) is 22.4. The number of carbonyl (C=O) groups excluding carboxylic acids is 2. The number of pyridine rings is 1. The number of hydrogen-bond donors (Lipinski definition) is 1. The molecule has 1 aliphatic heterocycles. The topological polar surface area (TPSA) is 62.3 Å². The van der Waals surface area contributed by atoms with Crippen LogP contribution in [0.2, 0.25) is 0 Å². The summed E-state index contributed by atoms with van der Waals surface area (Å²) in [6.45, 7) is 3.57. The van der Waals surface area contributed by atoms with Crippen molar-refractivity contribution in [2.45, 2.75) is 38.6 Å². The van der Waals surface area contributed by atoms with E-state index < -0.39 is 0 Å². The number of Topliss-reactive ketones (excluding diaryl/α,β-unsaturated/α-hetero) is 1. The molecule has 2 aromatic carbocycles. The van der Waals surface area contributed by atoms with Gasteiger partial charge in [0.05, 0.1) is 11.4 Å². The number of nitrogens with zero attached hydrogens (tertiary/aromatic N) is 2. The number of fused-ring (bicyclic) bond motifs is 3. The van der Waals surface area contributed by atoms with Crippen LogP contribution in [0.1, 0.15) is 51.5 Å². The number of hydrogen-bond acceptors (Lipinski definition) is 4. The van der Waals surface area contributed by atoms with Gasteiger partial charge >= 0.3 is 0 Å². The maximum absolute atomic E-state index is 13.1. The fourth-order valence-corrected chi connectivity index (χ4v) is 5.68. The molecule has 1 fully saturated rings. The predicted molar refractivity (Wildman–Crippen MR) is 134 cm³/mol. The van der Waals surface area contributed by atoms with E-state index in [0.29, 0.717) is 29.6 Å². The highest BCUT2D eigenvalue weighted by Crippen LogP contribution is 2.43. The number of amides is 1. The van der Waals surface area contributed by atoms with Gasteiger partial charge in [-0.2, -0.15) is 0 Å². The Balaban J connectivity index is 1.41. The van der Waals surface area contributed by atoms with E-state index >= 15 is 0 Å². The summed E-state index contributed by atoms with van der Waals surface area (Å²) >= 11 is 0. The summed E-state index contributed by atoms with van der Waals surface area (Å²) < 4.78 is 0. The Hall–Kier alpha value is -3.31. The van der Waals surface area contributed by atoms with Gasteiger partial charge in [-0.15, -0.1) is 0 Å². The predicted octanol–water partition coefficient (Wildman–Crippen LogP) is 5.01. The number of nitrogens with one attached hydrogen (secondary N) is 1.